The molecule has 0 heterocycles. The van der Waals surface area contributed by atoms with Gasteiger partial charge in [0.05, 0.1) is 18.8 Å². The molecule has 0 saturated heterocycles. The van der Waals surface area contributed by atoms with E-state index in [9.17, 15) is 20.1 Å². The van der Waals surface area contributed by atoms with Gasteiger partial charge in [0.15, 0.2) is 0 Å². The van der Waals surface area contributed by atoms with E-state index < -0.39 is 18.2 Å². The smallest absolute Gasteiger partial charge is 0.220 e. The molecule has 0 aliphatic rings. The quantitative estimate of drug-likeness (QED) is 0.0509. The zero-order chi connectivity index (χ0) is 33.1. The summed E-state index contributed by atoms with van der Waals surface area (Å²) in [6, 6.07) is -0.800. The summed E-state index contributed by atoms with van der Waals surface area (Å²) in [5.74, 6) is -0.143. The third-order valence-electron chi connectivity index (χ3n) is 9.71. The number of aliphatic hydroxyl groups is 3. The second-order valence-corrected chi connectivity index (χ2v) is 14.2. The summed E-state index contributed by atoms with van der Waals surface area (Å²) in [4.78, 5) is 12.3. The van der Waals surface area contributed by atoms with Gasteiger partial charge in [-0.3, -0.25) is 4.79 Å². The largest absolute Gasteiger partial charge is 0.394 e. The first-order chi connectivity index (χ1) is 22.1. The first-order valence-electron chi connectivity index (χ1n) is 20.3. The average molecular weight is 640 g/mol. The third-order valence-corrected chi connectivity index (χ3v) is 9.71. The highest BCUT2D eigenvalue weighted by Gasteiger charge is 2.26. The average Bonchev–Trinajstić information content (AvgIpc) is 3.04. The van der Waals surface area contributed by atoms with Crippen molar-refractivity contribution >= 4 is 5.91 Å². The summed E-state index contributed by atoms with van der Waals surface area (Å²) in [6.07, 6.45) is 39.4. The Balaban J connectivity index is 3.50. The van der Waals surface area contributed by atoms with Crippen molar-refractivity contribution in [1.82, 2.24) is 5.32 Å². The molecule has 45 heavy (non-hydrogen) atoms. The second-order valence-electron chi connectivity index (χ2n) is 14.2. The third kappa shape index (κ3) is 31.7. The molecule has 4 N–H and O–H groups in total. The minimum atomic E-state index is -1.13. The Hall–Kier alpha value is -0.650. The number of aliphatic hydroxyl groups excluding tert-OH is 3. The number of hydrogen-bond donors (Lipinski definition) is 4. The van der Waals surface area contributed by atoms with Crippen molar-refractivity contribution in [3.8, 4) is 0 Å². The summed E-state index contributed by atoms with van der Waals surface area (Å²) < 4.78 is 0. The van der Waals surface area contributed by atoms with E-state index in [1.54, 1.807) is 0 Å². The van der Waals surface area contributed by atoms with Gasteiger partial charge in [0, 0.05) is 6.42 Å². The van der Waals surface area contributed by atoms with Crippen LogP contribution in [0.15, 0.2) is 0 Å². The van der Waals surface area contributed by atoms with E-state index in [1.807, 2.05) is 0 Å². The molecule has 1 amide bonds. The van der Waals surface area contributed by atoms with Gasteiger partial charge in [0.2, 0.25) is 5.91 Å². The monoisotopic (exact) mass is 640 g/mol. The number of nitrogens with one attached hydrogen (secondary N) is 1. The van der Waals surface area contributed by atoms with Gasteiger partial charge >= 0.3 is 0 Å². The molecule has 0 bridgehead atoms. The minimum Gasteiger partial charge on any atom is -0.394 e. The van der Waals surface area contributed by atoms with E-state index in [4.69, 9.17) is 0 Å². The lowest BCUT2D eigenvalue weighted by Crippen LogP contribution is -2.50. The number of unbranched alkanes of at least 4 members (excludes halogenated alkanes) is 29. The van der Waals surface area contributed by atoms with Gasteiger partial charge in [0.1, 0.15) is 6.10 Å². The molecule has 0 unspecified atom stereocenters. The van der Waals surface area contributed by atoms with Crippen LogP contribution < -0.4 is 5.32 Å². The summed E-state index contributed by atoms with van der Waals surface area (Å²) in [5, 5.41) is 33.2. The topological polar surface area (TPSA) is 89.8 Å². The van der Waals surface area contributed by atoms with Crippen LogP contribution in [-0.2, 0) is 4.79 Å². The molecule has 0 aromatic rings. The van der Waals surface area contributed by atoms with Crippen molar-refractivity contribution in [2.24, 2.45) is 0 Å². The Labute approximate surface area is 281 Å². The first kappa shape index (κ1) is 44.4. The molecule has 0 aliphatic heterocycles. The fraction of sp³-hybridized carbons (Fsp3) is 0.975. The minimum absolute atomic E-state index is 0.143. The molecule has 0 radical (unpaired) electrons. The molecule has 0 aromatic carbocycles. The normalized spacial score (nSPS) is 13.6. The first-order valence-corrected chi connectivity index (χ1v) is 20.3. The van der Waals surface area contributed by atoms with Crippen molar-refractivity contribution in [3.63, 3.8) is 0 Å². The number of hydrogen-bond acceptors (Lipinski definition) is 4. The molecule has 0 spiro atoms. The van der Waals surface area contributed by atoms with E-state index >= 15 is 0 Å². The van der Waals surface area contributed by atoms with Crippen LogP contribution in [0, 0.1) is 0 Å². The van der Waals surface area contributed by atoms with Crippen LogP contribution in [0.5, 0.6) is 0 Å². The molecule has 270 valence electrons. The highest BCUT2D eigenvalue weighted by molar-refractivity contribution is 5.76. The SMILES string of the molecule is CCCCCCCCCCCCCCCCCCCCCCCCCC(=O)N[C@@H](CO)[C@H](O)[C@H](O)CCCCCCCCCC. The van der Waals surface area contributed by atoms with Gasteiger partial charge < -0.3 is 20.6 Å². The summed E-state index contributed by atoms with van der Waals surface area (Å²) in [7, 11) is 0. The highest BCUT2D eigenvalue weighted by atomic mass is 16.3. The Kier molecular flexibility index (Phi) is 35.7. The van der Waals surface area contributed by atoms with Gasteiger partial charge in [-0.1, -0.05) is 206 Å². The molecule has 0 rings (SSSR count). The summed E-state index contributed by atoms with van der Waals surface area (Å²) in [6.45, 7) is 4.15. The van der Waals surface area contributed by atoms with Gasteiger partial charge in [0.25, 0.3) is 0 Å². The number of carbonyl (C=O) groups is 1. The van der Waals surface area contributed by atoms with Crippen LogP contribution >= 0.6 is 0 Å². The van der Waals surface area contributed by atoms with Crippen molar-refractivity contribution in [3.05, 3.63) is 0 Å². The van der Waals surface area contributed by atoms with Gasteiger partial charge in [-0.25, -0.2) is 0 Å². The summed E-state index contributed by atoms with van der Waals surface area (Å²) in [5.41, 5.74) is 0. The molecule has 0 saturated carbocycles. The fourth-order valence-corrected chi connectivity index (χ4v) is 6.52. The molecular weight excluding hydrogens is 558 g/mol. The zero-order valence-corrected chi connectivity index (χ0v) is 30.5. The van der Waals surface area contributed by atoms with Gasteiger partial charge in [-0.2, -0.15) is 0 Å². The maximum absolute atomic E-state index is 12.3. The predicted octanol–water partition coefficient (Wildman–Crippen LogP) is 11.1. The maximum Gasteiger partial charge on any atom is 0.220 e. The highest BCUT2D eigenvalue weighted by Crippen LogP contribution is 2.16. The van der Waals surface area contributed by atoms with Crippen molar-refractivity contribution in [1.29, 1.82) is 0 Å². The summed E-state index contributed by atoms with van der Waals surface area (Å²) >= 11 is 0. The standard InChI is InChI=1S/C40H81NO4/c1-3-5-7-9-11-13-14-15-16-17-18-19-20-21-22-23-24-25-26-27-29-31-33-35-39(44)41-37(36-42)40(45)38(43)34-32-30-28-12-10-8-6-4-2/h37-38,40,42-43,45H,3-36H2,1-2H3,(H,41,44)/t37-,38+,40-/m0/s1. The van der Waals surface area contributed by atoms with Gasteiger partial charge in [-0.05, 0) is 12.8 Å². The van der Waals surface area contributed by atoms with Crippen molar-refractivity contribution in [2.75, 3.05) is 6.61 Å². The van der Waals surface area contributed by atoms with Crippen LogP contribution in [0.3, 0.4) is 0 Å². The molecule has 0 fully saturated rings. The van der Waals surface area contributed by atoms with E-state index in [-0.39, 0.29) is 12.5 Å². The lowest BCUT2D eigenvalue weighted by molar-refractivity contribution is -0.124. The van der Waals surface area contributed by atoms with Crippen molar-refractivity contribution < 1.29 is 20.1 Å². The van der Waals surface area contributed by atoms with E-state index in [0.29, 0.717) is 12.8 Å². The Bertz CT molecular complexity index is 587. The molecule has 0 aromatic heterocycles. The van der Waals surface area contributed by atoms with Crippen molar-refractivity contribution in [2.45, 2.75) is 244 Å². The van der Waals surface area contributed by atoms with E-state index in [1.165, 1.54) is 161 Å². The molecule has 3 atom stereocenters. The predicted molar refractivity (Wildman–Crippen MR) is 195 cm³/mol. The van der Waals surface area contributed by atoms with Crippen LogP contribution in [0.1, 0.15) is 226 Å². The number of carbonyl (C=O) groups excluding carboxylic acids is 1. The number of rotatable bonds is 37. The van der Waals surface area contributed by atoms with Crippen LogP contribution in [0.4, 0.5) is 0 Å². The van der Waals surface area contributed by atoms with Gasteiger partial charge in [-0.15, -0.1) is 0 Å². The van der Waals surface area contributed by atoms with Crippen LogP contribution in [-0.4, -0.2) is 46.1 Å². The lowest BCUT2D eigenvalue weighted by Gasteiger charge is -2.26. The Morgan fingerprint density at radius 1 is 0.467 bits per heavy atom. The second kappa shape index (κ2) is 36.2. The number of amides is 1. The Morgan fingerprint density at radius 3 is 1.07 bits per heavy atom. The fourth-order valence-electron chi connectivity index (χ4n) is 6.52. The Morgan fingerprint density at radius 2 is 0.756 bits per heavy atom. The molecule has 0 aliphatic carbocycles. The zero-order valence-electron chi connectivity index (χ0n) is 30.5. The van der Waals surface area contributed by atoms with E-state index in [2.05, 4.69) is 19.2 Å². The van der Waals surface area contributed by atoms with E-state index in [0.717, 1.165) is 38.5 Å². The van der Waals surface area contributed by atoms with Crippen LogP contribution in [0.2, 0.25) is 0 Å². The molecule has 5 nitrogen and oxygen atoms in total. The maximum atomic E-state index is 12.3. The van der Waals surface area contributed by atoms with Crippen LogP contribution in [0.25, 0.3) is 0 Å². The lowest BCUT2D eigenvalue weighted by atomic mass is 9.99. The molecule has 5 heteroatoms. The molecular formula is C40H81NO4.